The van der Waals surface area contributed by atoms with E-state index in [1.807, 2.05) is 0 Å². The van der Waals surface area contributed by atoms with Gasteiger partial charge in [0.1, 0.15) is 4.75 Å². The third-order valence-corrected chi connectivity index (χ3v) is 7.85. The average molecular weight is 411 g/mol. The topological polar surface area (TPSA) is 78.3 Å². The molecular weight excluding hydrogens is 396 g/mol. The molecule has 1 aliphatic carbocycles. The van der Waals surface area contributed by atoms with Crippen molar-refractivity contribution in [1.29, 1.82) is 0 Å². The molecule has 0 aliphatic heterocycles. The minimum Gasteiger partial charge on any atom is -0.465 e. The Bertz CT molecular complexity index is 991. The third kappa shape index (κ3) is 2.32. The summed E-state index contributed by atoms with van der Waals surface area (Å²) in [7, 11) is -2.58. The number of allylic oxidation sites excluding steroid dienone is 3. The van der Waals surface area contributed by atoms with Crippen LogP contribution < -0.4 is 0 Å². The fourth-order valence-corrected chi connectivity index (χ4v) is 5.17. The number of halogens is 1. The van der Waals surface area contributed by atoms with E-state index in [2.05, 4.69) is 21.0 Å². The summed E-state index contributed by atoms with van der Waals surface area (Å²) in [6.45, 7) is 1.64. The van der Waals surface area contributed by atoms with Crippen LogP contribution in [0.5, 0.6) is 0 Å². The molecule has 0 radical (unpaired) electrons. The van der Waals surface area contributed by atoms with Gasteiger partial charge in [-0.1, -0.05) is 40.2 Å². The predicted molar refractivity (Wildman–Crippen MR) is 94.6 cm³/mol. The second-order valence-corrected chi connectivity index (χ2v) is 8.65. The minimum absolute atomic E-state index is 0.278. The molecule has 24 heavy (non-hydrogen) atoms. The van der Waals surface area contributed by atoms with E-state index in [9.17, 15) is 13.2 Å². The van der Waals surface area contributed by atoms with Crippen molar-refractivity contribution in [2.24, 2.45) is 0 Å². The van der Waals surface area contributed by atoms with Crippen LogP contribution in [0.15, 0.2) is 47.1 Å². The molecule has 8 heteroatoms. The van der Waals surface area contributed by atoms with Crippen molar-refractivity contribution in [2.45, 2.75) is 18.1 Å². The van der Waals surface area contributed by atoms with E-state index < -0.39 is 20.7 Å². The first kappa shape index (κ1) is 16.9. The molecule has 0 amide bonds. The van der Waals surface area contributed by atoms with Gasteiger partial charge in [0.05, 0.1) is 24.4 Å². The number of esters is 1. The standard InChI is InChI=1S/C16H15BrN2O4S/c1-16(9-4-3-8-14(16)17)24(21,22)19-13-7-5-6-11(15(20)23-2)12(13)10-18-19/h3-8,10H,9H2,1-2H3. The Labute approximate surface area is 148 Å². The molecule has 1 heterocycles. The number of nitrogens with zero attached hydrogens (tertiary/aromatic N) is 2. The Morgan fingerprint density at radius 2 is 2.17 bits per heavy atom. The van der Waals surface area contributed by atoms with Gasteiger partial charge in [-0.2, -0.15) is 9.19 Å². The molecule has 0 saturated carbocycles. The summed E-state index contributed by atoms with van der Waals surface area (Å²) in [6, 6.07) is 4.80. The fraction of sp³-hybridized carbons (Fsp3) is 0.250. The van der Waals surface area contributed by atoms with Gasteiger partial charge in [-0.3, -0.25) is 0 Å². The molecular formula is C16H15BrN2O4S. The van der Waals surface area contributed by atoms with Crippen LogP contribution in [0.25, 0.3) is 10.9 Å². The number of hydrogen-bond donors (Lipinski definition) is 0. The fourth-order valence-electron chi connectivity index (χ4n) is 2.65. The highest BCUT2D eigenvalue weighted by atomic mass is 79.9. The van der Waals surface area contributed by atoms with Crippen molar-refractivity contribution in [3.63, 3.8) is 0 Å². The van der Waals surface area contributed by atoms with E-state index in [0.29, 0.717) is 21.8 Å². The van der Waals surface area contributed by atoms with Gasteiger partial charge < -0.3 is 4.74 Å². The molecule has 1 aromatic heterocycles. The molecule has 0 N–H and O–H groups in total. The van der Waals surface area contributed by atoms with Gasteiger partial charge in [0, 0.05) is 9.87 Å². The van der Waals surface area contributed by atoms with Gasteiger partial charge in [-0.25, -0.2) is 13.2 Å². The van der Waals surface area contributed by atoms with Gasteiger partial charge in [-0.15, -0.1) is 0 Å². The number of aromatic nitrogens is 2. The molecule has 0 saturated heterocycles. The van der Waals surface area contributed by atoms with Crippen LogP contribution in [0.3, 0.4) is 0 Å². The Morgan fingerprint density at radius 1 is 1.42 bits per heavy atom. The highest BCUT2D eigenvalue weighted by Gasteiger charge is 2.44. The Kier molecular flexibility index (Phi) is 4.13. The summed E-state index contributed by atoms with van der Waals surface area (Å²) in [6.07, 6.45) is 7.02. The predicted octanol–water partition coefficient (Wildman–Crippen LogP) is 3.00. The van der Waals surface area contributed by atoms with Crippen molar-refractivity contribution < 1.29 is 17.9 Å². The molecule has 2 aromatic rings. The van der Waals surface area contributed by atoms with Crippen LogP contribution in [-0.4, -0.2) is 35.4 Å². The summed E-state index contributed by atoms with van der Waals surface area (Å²) in [5, 5.41) is 4.48. The van der Waals surface area contributed by atoms with Crippen molar-refractivity contribution in [3.05, 3.63) is 52.7 Å². The van der Waals surface area contributed by atoms with Crippen molar-refractivity contribution in [1.82, 2.24) is 9.19 Å². The van der Waals surface area contributed by atoms with Crippen molar-refractivity contribution in [3.8, 4) is 0 Å². The Balaban J connectivity index is 2.22. The van der Waals surface area contributed by atoms with E-state index in [4.69, 9.17) is 4.74 Å². The molecule has 0 fully saturated rings. The maximum absolute atomic E-state index is 13.2. The largest absolute Gasteiger partial charge is 0.465 e. The van der Waals surface area contributed by atoms with Gasteiger partial charge in [-0.05, 0) is 25.5 Å². The van der Waals surface area contributed by atoms with Gasteiger partial charge >= 0.3 is 5.97 Å². The molecule has 3 rings (SSSR count). The number of carbonyl (C=O) groups excluding carboxylic acids is 1. The van der Waals surface area contributed by atoms with E-state index in [0.717, 1.165) is 4.09 Å². The lowest BCUT2D eigenvalue weighted by molar-refractivity contribution is 0.0603. The monoisotopic (exact) mass is 410 g/mol. The van der Waals surface area contributed by atoms with Crippen molar-refractivity contribution >= 4 is 42.8 Å². The number of hydrogen-bond acceptors (Lipinski definition) is 5. The SMILES string of the molecule is COC(=O)c1cccc2c1cnn2S(=O)(=O)C1(C)CC=CC=C1Br. The summed E-state index contributed by atoms with van der Waals surface area (Å²) in [4.78, 5) is 11.9. The molecule has 0 spiro atoms. The van der Waals surface area contributed by atoms with Crippen LogP contribution in [0.4, 0.5) is 0 Å². The maximum atomic E-state index is 13.2. The number of carbonyl (C=O) groups is 1. The molecule has 6 nitrogen and oxygen atoms in total. The van der Waals surface area contributed by atoms with Gasteiger partial charge in [0.25, 0.3) is 10.0 Å². The zero-order valence-corrected chi connectivity index (χ0v) is 15.5. The number of ether oxygens (including phenoxy) is 1. The second-order valence-electron chi connectivity index (χ2n) is 5.60. The Hall–Kier alpha value is -1.93. The lowest BCUT2D eigenvalue weighted by Gasteiger charge is -2.29. The zero-order chi connectivity index (χ0) is 17.5. The first-order chi connectivity index (χ1) is 11.3. The highest BCUT2D eigenvalue weighted by Crippen LogP contribution is 2.39. The molecule has 126 valence electrons. The third-order valence-electron chi connectivity index (χ3n) is 4.17. The summed E-state index contributed by atoms with van der Waals surface area (Å²) < 4.78 is 31.6. The number of fused-ring (bicyclic) bond motifs is 1. The first-order valence-corrected chi connectivity index (χ1v) is 9.39. The summed E-state index contributed by atoms with van der Waals surface area (Å²) in [5.41, 5.74) is 0.619. The summed E-state index contributed by atoms with van der Waals surface area (Å²) >= 11 is 3.36. The zero-order valence-electron chi connectivity index (χ0n) is 13.1. The lowest BCUT2D eigenvalue weighted by atomic mass is 10.0. The van der Waals surface area contributed by atoms with Crippen LogP contribution in [0.2, 0.25) is 0 Å². The van der Waals surface area contributed by atoms with Crippen LogP contribution >= 0.6 is 15.9 Å². The number of benzene rings is 1. The lowest BCUT2D eigenvalue weighted by Crippen LogP contribution is -2.40. The van der Waals surface area contributed by atoms with Gasteiger partial charge in [0.15, 0.2) is 0 Å². The smallest absolute Gasteiger partial charge is 0.338 e. The number of rotatable bonds is 3. The molecule has 1 aromatic carbocycles. The van der Waals surface area contributed by atoms with Gasteiger partial charge in [0.2, 0.25) is 0 Å². The first-order valence-electron chi connectivity index (χ1n) is 7.16. The van der Waals surface area contributed by atoms with E-state index in [-0.39, 0.29) is 5.56 Å². The quantitative estimate of drug-likeness (QED) is 0.726. The molecule has 1 aliphatic rings. The number of methoxy groups -OCH3 is 1. The molecule has 0 bridgehead atoms. The molecule has 1 atom stereocenters. The normalized spacial score (nSPS) is 20.9. The van der Waals surface area contributed by atoms with Crippen LogP contribution in [0, 0.1) is 0 Å². The van der Waals surface area contributed by atoms with Crippen LogP contribution in [-0.2, 0) is 14.8 Å². The van der Waals surface area contributed by atoms with E-state index in [1.54, 1.807) is 43.4 Å². The highest BCUT2D eigenvalue weighted by molar-refractivity contribution is 9.12. The molecule has 1 unspecified atom stereocenters. The minimum atomic E-state index is -3.86. The Morgan fingerprint density at radius 3 is 2.83 bits per heavy atom. The summed E-state index contributed by atoms with van der Waals surface area (Å²) in [5.74, 6) is -0.537. The second kappa shape index (κ2) is 5.86. The van der Waals surface area contributed by atoms with Crippen LogP contribution in [0.1, 0.15) is 23.7 Å². The van der Waals surface area contributed by atoms with E-state index >= 15 is 0 Å². The average Bonchev–Trinajstić information content (AvgIpc) is 3.01. The maximum Gasteiger partial charge on any atom is 0.338 e. The van der Waals surface area contributed by atoms with E-state index in [1.165, 1.54) is 13.3 Å². The van der Waals surface area contributed by atoms with Crippen molar-refractivity contribution in [2.75, 3.05) is 7.11 Å².